The summed E-state index contributed by atoms with van der Waals surface area (Å²) < 4.78 is 44.3. The molecule has 0 aliphatic carbocycles. The number of halogens is 3. The van der Waals surface area contributed by atoms with Crippen LogP contribution in [-0.2, 0) is 19.7 Å². The molecular weight excluding hydrogens is 343 g/mol. The second-order valence-electron chi connectivity index (χ2n) is 3.54. The molecule has 0 aliphatic rings. The molecule has 0 N–H and O–H groups in total. The molecule has 0 atom stereocenters. The van der Waals surface area contributed by atoms with Crippen LogP contribution >= 0.6 is 34.8 Å². The van der Waals surface area contributed by atoms with Crippen molar-refractivity contribution < 1.29 is 16.8 Å². The maximum absolute atomic E-state index is 11.7. The lowest BCUT2D eigenvalue weighted by atomic mass is 10.4. The number of rotatable bonds is 5. The SMILES string of the molecule is CCC(C)(S(=O)(=O)CC)S(=O)(=O)CC.ClC(Cl)Cl. The largest absolute Gasteiger partial charge is 0.227 e. The van der Waals surface area contributed by atoms with Crippen molar-refractivity contribution in [2.75, 3.05) is 11.5 Å². The highest BCUT2D eigenvalue weighted by Gasteiger charge is 2.47. The molecule has 0 radical (unpaired) electrons. The van der Waals surface area contributed by atoms with E-state index in [2.05, 4.69) is 0 Å². The molecule has 18 heavy (non-hydrogen) atoms. The van der Waals surface area contributed by atoms with Gasteiger partial charge in [0.25, 0.3) is 0 Å². The van der Waals surface area contributed by atoms with Crippen LogP contribution in [0.3, 0.4) is 0 Å². The normalized spacial score (nSPS) is 13.1. The molecular formula is C9H19Cl3O4S2. The minimum Gasteiger partial charge on any atom is -0.227 e. The summed E-state index contributed by atoms with van der Waals surface area (Å²) in [7, 11) is -7.14. The van der Waals surface area contributed by atoms with Gasteiger partial charge < -0.3 is 0 Å². The highest BCUT2D eigenvalue weighted by molar-refractivity contribution is 8.10. The molecule has 0 aliphatic heterocycles. The van der Waals surface area contributed by atoms with E-state index < -0.39 is 28.0 Å². The number of sulfone groups is 2. The first-order chi connectivity index (χ1) is 7.91. The van der Waals surface area contributed by atoms with Crippen LogP contribution in [0.1, 0.15) is 34.1 Å². The van der Waals surface area contributed by atoms with E-state index in [4.69, 9.17) is 34.8 Å². The average Bonchev–Trinajstić information content (AvgIpc) is 2.26. The van der Waals surface area contributed by atoms with Crippen molar-refractivity contribution in [2.24, 2.45) is 0 Å². The highest BCUT2D eigenvalue weighted by atomic mass is 35.6. The van der Waals surface area contributed by atoms with Gasteiger partial charge in [0.05, 0.1) is 0 Å². The van der Waals surface area contributed by atoms with E-state index in [1.807, 2.05) is 0 Å². The van der Waals surface area contributed by atoms with Crippen molar-refractivity contribution in [2.45, 2.75) is 42.5 Å². The smallest absolute Gasteiger partial charge is 0.180 e. The lowest BCUT2D eigenvalue weighted by Gasteiger charge is -2.26. The van der Waals surface area contributed by atoms with Crippen molar-refractivity contribution >= 4 is 54.5 Å². The van der Waals surface area contributed by atoms with Crippen molar-refractivity contribution in [1.29, 1.82) is 0 Å². The Labute approximate surface area is 125 Å². The maximum Gasteiger partial charge on any atom is 0.180 e. The summed E-state index contributed by atoms with van der Waals surface area (Å²) in [5.41, 5.74) is 0. The van der Waals surface area contributed by atoms with Gasteiger partial charge in [-0.25, -0.2) is 16.8 Å². The Bertz CT molecular complexity index is 392. The first kappa shape index (κ1) is 21.1. The fourth-order valence-corrected chi connectivity index (χ4v) is 5.60. The molecule has 112 valence electrons. The topological polar surface area (TPSA) is 68.3 Å². The number of hydrogen-bond donors (Lipinski definition) is 0. The zero-order valence-electron chi connectivity index (χ0n) is 10.8. The van der Waals surface area contributed by atoms with Gasteiger partial charge in [-0.2, -0.15) is 0 Å². The van der Waals surface area contributed by atoms with Crippen LogP contribution in [0.15, 0.2) is 0 Å². The third-order valence-corrected chi connectivity index (χ3v) is 8.97. The third-order valence-electron chi connectivity index (χ3n) is 2.72. The predicted molar refractivity (Wildman–Crippen MR) is 79.0 cm³/mol. The summed E-state index contributed by atoms with van der Waals surface area (Å²) >= 11 is 14.4. The minimum absolute atomic E-state index is 0.0966. The summed E-state index contributed by atoms with van der Waals surface area (Å²) in [5.74, 6) is -0.285. The minimum atomic E-state index is -3.57. The van der Waals surface area contributed by atoms with Crippen LogP contribution in [0.5, 0.6) is 0 Å². The molecule has 0 aromatic heterocycles. The molecule has 0 fully saturated rings. The second kappa shape index (κ2) is 8.15. The fourth-order valence-electron chi connectivity index (χ4n) is 1.24. The van der Waals surface area contributed by atoms with E-state index in [1.54, 1.807) is 6.92 Å². The molecule has 0 heterocycles. The first-order valence-electron chi connectivity index (χ1n) is 5.28. The van der Waals surface area contributed by atoms with E-state index >= 15 is 0 Å². The van der Waals surface area contributed by atoms with Gasteiger partial charge in [-0.1, -0.05) is 55.6 Å². The zero-order valence-corrected chi connectivity index (χ0v) is 14.7. The Balaban J connectivity index is 0. The Kier molecular flexibility index (Phi) is 9.54. The summed E-state index contributed by atoms with van der Waals surface area (Å²) in [6.45, 7) is 5.81. The van der Waals surface area contributed by atoms with Crippen LogP contribution in [0, 0.1) is 0 Å². The van der Waals surface area contributed by atoms with Gasteiger partial charge >= 0.3 is 0 Å². The van der Waals surface area contributed by atoms with Crippen LogP contribution in [0.4, 0.5) is 0 Å². The van der Waals surface area contributed by atoms with Crippen LogP contribution in [-0.4, -0.2) is 36.7 Å². The summed E-state index contributed by atoms with van der Waals surface area (Å²) in [4.78, 5) is 0. The average molecular weight is 362 g/mol. The molecule has 0 amide bonds. The van der Waals surface area contributed by atoms with Crippen LogP contribution in [0.2, 0.25) is 0 Å². The van der Waals surface area contributed by atoms with Gasteiger partial charge in [0.2, 0.25) is 0 Å². The number of alkyl halides is 3. The molecule has 0 bridgehead atoms. The summed E-state index contributed by atoms with van der Waals surface area (Å²) in [6, 6.07) is 0. The van der Waals surface area contributed by atoms with Crippen LogP contribution in [0.25, 0.3) is 0 Å². The zero-order chi connectivity index (χ0) is 15.2. The Morgan fingerprint density at radius 3 is 1.22 bits per heavy atom. The van der Waals surface area contributed by atoms with Gasteiger partial charge in [0.15, 0.2) is 28.0 Å². The van der Waals surface area contributed by atoms with Crippen LogP contribution < -0.4 is 0 Å². The Hall–Kier alpha value is 0.770. The van der Waals surface area contributed by atoms with Crippen molar-refractivity contribution in [3.63, 3.8) is 0 Å². The van der Waals surface area contributed by atoms with E-state index in [-0.39, 0.29) is 17.9 Å². The van der Waals surface area contributed by atoms with Gasteiger partial charge in [-0.15, -0.1) is 0 Å². The van der Waals surface area contributed by atoms with Gasteiger partial charge in [-0.05, 0) is 13.3 Å². The lowest BCUT2D eigenvalue weighted by Crippen LogP contribution is -2.44. The van der Waals surface area contributed by atoms with Crippen molar-refractivity contribution in [1.82, 2.24) is 0 Å². The lowest BCUT2D eigenvalue weighted by molar-refractivity contribution is 0.543. The molecule has 0 saturated carbocycles. The molecule has 9 heteroatoms. The third kappa shape index (κ3) is 5.41. The second-order valence-corrected chi connectivity index (χ2v) is 11.2. The summed E-state index contributed by atoms with van der Waals surface area (Å²) in [6.07, 6.45) is 0.0966. The molecule has 0 spiro atoms. The molecule has 0 unspecified atom stereocenters. The summed E-state index contributed by atoms with van der Waals surface area (Å²) in [5, 5.41) is 0. The first-order valence-corrected chi connectivity index (χ1v) is 9.90. The Morgan fingerprint density at radius 1 is 0.889 bits per heavy atom. The van der Waals surface area contributed by atoms with E-state index in [9.17, 15) is 16.8 Å². The van der Waals surface area contributed by atoms with E-state index in [1.165, 1.54) is 20.8 Å². The molecule has 0 saturated heterocycles. The van der Waals surface area contributed by atoms with E-state index in [0.717, 1.165) is 0 Å². The van der Waals surface area contributed by atoms with Gasteiger partial charge in [0.1, 0.15) is 0 Å². The van der Waals surface area contributed by atoms with Gasteiger partial charge in [-0.3, -0.25) is 0 Å². The maximum atomic E-state index is 11.7. The van der Waals surface area contributed by atoms with E-state index in [0.29, 0.717) is 0 Å². The fraction of sp³-hybridized carbons (Fsp3) is 1.00. The monoisotopic (exact) mass is 360 g/mol. The predicted octanol–water partition coefficient (Wildman–Crippen LogP) is 2.97. The molecule has 0 rings (SSSR count). The highest BCUT2D eigenvalue weighted by Crippen LogP contribution is 2.29. The number of hydrogen-bond acceptors (Lipinski definition) is 4. The van der Waals surface area contributed by atoms with Crippen molar-refractivity contribution in [3.05, 3.63) is 0 Å². The van der Waals surface area contributed by atoms with Gasteiger partial charge in [0, 0.05) is 11.5 Å². The quantitative estimate of drug-likeness (QED) is 0.706. The molecule has 0 aromatic rings. The standard InChI is InChI=1S/C8H18O4S2.CHCl3/c1-5-8(4,13(9,10)6-2)14(11,12)7-3;2-1(3)4/h5-7H2,1-4H3;1H. The Morgan fingerprint density at radius 2 is 1.11 bits per heavy atom. The molecule has 4 nitrogen and oxygen atoms in total. The van der Waals surface area contributed by atoms with Crippen molar-refractivity contribution in [3.8, 4) is 0 Å². The molecule has 0 aromatic carbocycles.